The predicted octanol–water partition coefficient (Wildman–Crippen LogP) is 2.41. The van der Waals surface area contributed by atoms with Crippen LogP contribution >= 0.6 is 11.6 Å². The van der Waals surface area contributed by atoms with Crippen molar-refractivity contribution >= 4 is 29.0 Å². The highest BCUT2D eigenvalue weighted by molar-refractivity contribution is 6.52. The number of amides is 1. The summed E-state index contributed by atoms with van der Waals surface area (Å²) in [6, 6.07) is 4.72. The number of nitrogens with zero attached hydrogens (tertiary/aromatic N) is 3. The van der Waals surface area contributed by atoms with E-state index in [0.717, 1.165) is 6.42 Å². The molecule has 0 fully saturated rings. The highest BCUT2D eigenvalue weighted by Gasteiger charge is 2.36. The van der Waals surface area contributed by atoms with Crippen molar-refractivity contribution in [2.75, 3.05) is 4.90 Å². The molecule has 2 heterocycles. The van der Waals surface area contributed by atoms with Gasteiger partial charge in [0.1, 0.15) is 6.54 Å². The Morgan fingerprint density at radius 1 is 1.33 bits per heavy atom. The Bertz CT molecular complexity index is 726. The molecule has 2 aromatic rings. The minimum absolute atomic E-state index is 0.0641. The first-order chi connectivity index (χ1) is 10.1. The summed E-state index contributed by atoms with van der Waals surface area (Å²) in [5, 5.41) is 4.29. The van der Waals surface area contributed by atoms with Gasteiger partial charge in [-0.25, -0.2) is 0 Å². The Kier molecular flexibility index (Phi) is 3.47. The molecule has 3 rings (SSSR count). The number of Topliss-reactive ketones (excluding diaryl/α,β-unsaturated/α-hetero) is 1. The van der Waals surface area contributed by atoms with Crippen LogP contribution in [0, 0.1) is 0 Å². The lowest BCUT2D eigenvalue weighted by Gasteiger charge is -2.13. The Labute approximate surface area is 125 Å². The molecule has 0 atom stereocenters. The molecule has 0 spiro atoms. The number of carbonyl (C=O) groups is 2. The average Bonchev–Trinajstić information content (AvgIpc) is 2.99. The Morgan fingerprint density at radius 3 is 2.90 bits per heavy atom. The van der Waals surface area contributed by atoms with Crippen LogP contribution in [0.15, 0.2) is 22.7 Å². The van der Waals surface area contributed by atoms with Crippen LogP contribution < -0.4 is 4.90 Å². The van der Waals surface area contributed by atoms with Crippen molar-refractivity contribution in [1.29, 1.82) is 0 Å². The van der Waals surface area contributed by atoms with Crippen LogP contribution in [-0.4, -0.2) is 21.8 Å². The molecule has 1 aliphatic rings. The number of aryl methyl sites for hydroxylation is 1. The van der Waals surface area contributed by atoms with E-state index in [2.05, 4.69) is 10.1 Å². The predicted molar refractivity (Wildman–Crippen MR) is 75.3 cm³/mol. The summed E-state index contributed by atoms with van der Waals surface area (Å²) in [5.41, 5.74) is 0.824. The molecular formula is C14H12ClN3O3. The highest BCUT2D eigenvalue weighted by atomic mass is 35.5. The van der Waals surface area contributed by atoms with E-state index < -0.39 is 11.7 Å². The third kappa shape index (κ3) is 2.42. The van der Waals surface area contributed by atoms with E-state index in [1.54, 1.807) is 18.2 Å². The molecule has 1 amide bonds. The van der Waals surface area contributed by atoms with E-state index in [1.165, 1.54) is 4.90 Å². The van der Waals surface area contributed by atoms with Gasteiger partial charge in [0.15, 0.2) is 5.82 Å². The molecule has 7 heteroatoms. The van der Waals surface area contributed by atoms with Crippen LogP contribution in [0.4, 0.5) is 5.69 Å². The van der Waals surface area contributed by atoms with E-state index in [4.69, 9.17) is 16.1 Å². The second-order valence-electron chi connectivity index (χ2n) is 4.74. The lowest BCUT2D eigenvalue weighted by Crippen LogP contribution is -2.29. The van der Waals surface area contributed by atoms with Crippen LogP contribution in [0.1, 0.15) is 35.4 Å². The number of ketones is 1. The Morgan fingerprint density at radius 2 is 2.14 bits per heavy atom. The molecule has 108 valence electrons. The zero-order chi connectivity index (χ0) is 15.0. The summed E-state index contributed by atoms with van der Waals surface area (Å²) in [7, 11) is 0. The van der Waals surface area contributed by atoms with E-state index in [-0.39, 0.29) is 6.54 Å². The number of rotatable bonds is 4. The standard InChI is InChI=1S/C14H12ClN3O3/c1-2-3-11-16-12(21-17-11)7-18-10-6-8(15)4-5-9(10)13(19)14(18)20/h4-6H,2-3,7H2,1H3. The van der Waals surface area contributed by atoms with E-state index in [9.17, 15) is 9.59 Å². The van der Waals surface area contributed by atoms with Crippen molar-refractivity contribution in [2.24, 2.45) is 0 Å². The maximum Gasteiger partial charge on any atom is 0.299 e. The third-order valence-electron chi connectivity index (χ3n) is 3.21. The van der Waals surface area contributed by atoms with Crippen molar-refractivity contribution in [1.82, 2.24) is 10.1 Å². The van der Waals surface area contributed by atoms with Crippen molar-refractivity contribution in [2.45, 2.75) is 26.3 Å². The minimum atomic E-state index is -0.609. The Balaban J connectivity index is 1.90. The first-order valence-corrected chi connectivity index (χ1v) is 6.95. The third-order valence-corrected chi connectivity index (χ3v) is 3.45. The number of fused-ring (bicyclic) bond motifs is 1. The van der Waals surface area contributed by atoms with Crippen molar-refractivity contribution < 1.29 is 14.1 Å². The molecular weight excluding hydrogens is 294 g/mol. The van der Waals surface area contributed by atoms with Crippen LogP contribution in [0.25, 0.3) is 0 Å². The average molecular weight is 306 g/mol. The lowest BCUT2D eigenvalue weighted by atomic mass is 10.1. The number of aromatic nitrogens is 2. The fraction of sp³-hybridized carbons (Fsp3) is 0.286. The number of benzene rings is 1. The molecule has 1 aromatic heterocycles. The van der Waals surface area contributed by atoms with Gasteiger partial charge in [0.05, 0.1) is 11.3 Å². The molecule has 0 aliphatic carbocycles. The number of hydrogen-bond acceptors (Lipinski definition) is 5. The highest BCUT2D eigenvalue weighted by Crippen LogP contribution is 2.32. The number of carbonyl (C=O) groups excluding carboxylic acids is 2. The molecule has 0 saturated carbocycles. The number of halogens is 1. The van der Waals surface area contributed by atoms with Gasteiger partial charge in [-0.15, -0.1) is 0 Å². The molecule has 0 bridgehead atoms. The number of hydrogen-bond donors (Lipinski definition) is 0. The Hall–Kier alpha value is -2.21. The molecule has 0 saturated heterocycles. The van der Waals surface area contributed by atoms with Gasteiger partial charge in [-0.2, -0.15) is 4.98 Å². The quantitative estimate of drug-likeness (QED) is 0.811. The SMILES string of the molecule is CCCc1noc(CN2C(=O)C(=O)c3ccc(Cl)cc32)n1. The van der Waals surface area contributed by atoms with Crippen LogP contribution in [-0.2, 0) is 17.8 Å². The minimum Gasteiger partial charge on any atom is -0.337 e. The van der Waals surface area contributed by atoms with Gasteiger partial charge >= 0.3 is 0 Å². The first kappa shape index (κ1) is 13.8. The zero-order valence-electron chi connectivity index (χ0n) is 11.3. The normalized spacial score (nSPS) is 13.9. The van der Waals surface area contributed by atoms with Crippen LogP contribution in [0.3, 0.4) is 0 Å². The van der Waals surface area contributed by atoms with Gasteiger partial charge < -0.3 is 4.52 Å². The lowest BCUT2D eigenvalue weighted by molar-refractivity contribution is -0.114. The smallest absolute Gasteiger partial charge is 0.299 e. The van der Waals surface area contributed by atoms with Gasteiger partial charge in [0.25, 0.3) is 11.7 Å². The van der Waals surface area contributed by atoms with Crippen molar-refractivity contribution in [3.8, 4) is 0 Å². The van der Waals surface area contributed by atoms with Gasteiger partial charge in [-0.05, 0) is 24.6 Å². The molecule has 0 unspecified atom stereocenters. The maximum absolute atomic E-state index is 12.1. The summed E-state index contributed by atoms with van der Waals surface area (Å²) < 4.78 is 5.11. The van der Waals surface area contributed by atoms with Gasteiger partial charge in [-0.1, -0.05) is 23.7 Å². The van der Waals surface area contributed by atoms with Gasteiger partial charge in [0.2, 0.25) is 5.89 Å². The zero-order valence-corrected chi connectivity index (χ0v) is 12.1. The molecule has 1 aliphatic heterocycles. The van der Waals surface area contributed by atoms with E-state index in [1.807, 2.05) is 6.92 Å². The van der Waals surface area contributed by atoms with Crippen molar-refractivity contribution in [3.63, 3.8) is 0 Å². The molecule has 0 radical (unpaired) electrons. The number of anilines is 1. The summed E-state index contributed by atoms with van der Waals surface area (Å²) in [6.07, 6.45) is 1.61. The van der Waals surface area contributed by atoms with Crippen LogP contribution in [0.5, 0.6) is 0 Å². The van der Waals surface area contributed by atoms with Gasteiger partial charge in [0, 0.05) is 11.4 Å². The summed E-state index contributed by atoms with van der Waals surface area (Å²) in [4.78, 5) is 29.5. The van der Waals surface area contributed by atoms with Crippen LogP contribution in [0.2, 0.25) is 5.02 Å². The monoisotopic (exact) mass is 305 g/mol. The fourth-order valence-corrected chi connectivity index (χ4v) is 2.41. The van der Waals surface area contributed by atoms with Gasteiger partial charge in [-0.3, -0.25) is 14.5 Å². The second-order valence-corrected chi connectivity index (χ2v) is 5.17. The molecule has 0 N–H and O–H groups in total. The summed E-state index contributed by atoms with van der Waals surface area (Å²) in [6.45, 7) is 2.07. The molecule has 1 aromatic carbocycles. The summed E-state index contributed by atoms with van der Waals surface area (Å²) >= 11 is 5.93. The van der Waals surface area contributed by atoms with E-state index >= 15 is 0 Å². The topological polar surface area (TPSA) is 76.3 Å². The van der Waals surface area contributed by atoms with E-state index in [0.29, 0.717) is 34.4 Å². The molecule has 21 heavy (non-hydrogen) atoms. The molecule has 6 nitrogen and oxygen atoms in total. The first-order valence-electron chi connectivity index (χ1n) is 6.57. The fourth-order valence-electron chi connectivity index (χ4n) is 2.24. The maximum atomic E-state index is 12.1. The summed E-state index contributed by atoms with van der Waals surface area (Å²) in [5.74, 6) is -0.262. The largest absolute Gasteiger partial charge is 0.337 e. The second kappa shape index (κ2) is 5.29. The van der Waals surface area contributed by atoms with Crippen molar-refractivity contribution in [3.05, 3.63) is 40.5 Å².